The summed E-state index contributed by atoms with van der Waals surface area (Å²) < 4.78 is 41.4. The summed E-state index contributed by atoms with van der Waals surface area (Å²) in [6.07, 6.45) is 7.21. The van der Waals surface area contributed by atoms with Gasteiger partial charge in [0.1, 0.15) is 28.4 Å². The number of anilines is 1. The van der Waals surface area contributed by atoms with Gasteiger partial charge in [0.05, 0.1) is 30.1 Å². The molecule has 6 rings (SSSR count). The summed E-state index contributed by atoms with van der Waals surface area (Å²) in [7, 11) is 3.64. The summed E-state index contributed by atoms with van der Waals surface area (Å²) >= 11 is 0. The molecule has 3 aromatic carbocycles. The van der Waals surface area contributed by atoms with Crippen LogP contribution >= 0.6 is 9.24 Å². The van der Waals surface area contributed by atoms with Crippen LogP contribution in [0, 0.1) is 6.92 Å². The molecule has 1 N–H and O–H groups in total. The molecule has 232 valence electrons. The van der Waals surface area contributed by atoms with Gasteiger partial charge in [0.15, 0.2) is 0 Å². The number of nitrogens with zero attached hydrogens (tertiary/aromatic N) is 3. The molecule has 1 amide bonds. The third-order valence-corrected chi connectivity index (χ3v) is 9.89. The minimum absolute atomic E-state index is 0.316. The van der Waals surface area contributed by atoms with Crippen molar-refractivity contribution in [1.82, 2.24) is 14.9 Å². The summed E-state index contributed by atoms with van der Waals surface area (Å²) in [6, 6.07) is 15.0. The number of aryl methyl sites for hydroxylation is 1. The molecule has 45 heavy (non-hydrogen) atoms. The van der Waals surface area contributed by atoms with Crippen LogP contribution in [0.25, 0.3) is 50.2 Å². The van der Waals surface area contributed by atoms with Gasteiger partial charge in [0, 0.05) is 42.4 Å². The second-order valence-corrected chi connectivity index (χ2v) is 14.0. The van der Waals surface area contributed by atoms with Crippen LogP contribution in [-0.2, 0) is 10.0 Å². The largest absolute Gasteiger partial charge is 0.494 e. The van der Waals surface area contributed by atoms with Crippen LogP contribution in [0.4, 0.5) is 5.69 Å². The van der Waals surface area contributed by atoms with Crippen molar-refractivity contribution < 1.29 is 22.4 Å². The fourth-order valence-corrected chi connectivity index (χ4v) is 6.54. The first kappa shape index (κ1) is 30.6. The van der Waals surface area contributed by atoms with Crippen molar-refractivity contribution in [3.63, 3.8) is 0 Å². The maximum absolute atomic E-state index is 13.4. The molecule has 0 bridgehead atoms. The molecule has 0 aliphatic heterocycles. The highest BCUT2D eigenvalue weighted by atomic mass is 32.2. The van der Waals surface area contributed by atoms with Crippen molar-refractivity contribution in [1.29, 1.82) is 0 Å². The number of imidazole rings is 1. The monoisotopic (exact) mass is 642 g/mol. The Hall–Kier alpha value is -4.40. The van der Waals surface area contributed by atoms with Crippen LogP contribution < -0.4 is 19.7 Å². The quantitative estimate of drug-likeness (QED) is 0.210. The lowest BCUT2D eigenvalue weighted by Crippen LogP contribution is -2.25. The Morgan fingerprint density at radius 3 is 2.42 bits per heavy atom. The van der Waals surface area contributed by atoms with Gasteiger partial charge in [-0.3, -0.25) is 9.10 Å². The Kier molecular flexibility index (Phi) is 7.83. The normalized spacial score (nSPS) is 13.6. The van der Waals surface area contributed by atoms with Crippen LogP contribution in [0.3, 0.4) is 0 Å². The number of hydrogen-bond donors (Lipinski definition) is 1. The maximum atomic E-state index is 13.4. The Bertz CT molecular complexity index is 2180. The number of fused-ring (bicyclic) bond motifs is 2. The molecule has 0 spiro atoms. The molecular formula is C34H35N4O5PS. The van der Waals surface area contributed by atoms with E-state index < -0.39 is 10.0 Å². The number of methoxy groups -OCH3 is 1. The first-order valence-corrected chi connectivity index (χ1v) is 16.9. The van der Waals surface area contributed by atoms with E-state index in [-0.39, 0.29) is 5.91 Å². The SMILES string of the molecule is CNC(=O)c1c(-c2ccc(P)cc2)oc2cc(N(C)S(C)(=O)=O)c(-c3cc(OC)c4nc(C)n(C5=CC=C(C)CC5)c4c3)cc12. The fraction of sp³-hybridized carbons (Fsp3) is 0.235. The van der Waals surface area contributed by atoms with Gasteiger partial charge in [-0.15, -0.1) is 9.24 Å². The lowest BCUT2D eigenvalue weighted by atomic mass is 9.97. The standard InChI is InChI=1S/C34H35N4O5PS/c1-19-7-11-23(12-8-19)38-20(2)36-32-28(38)15-22(16-30(32)42-5)25-17-26-29(18-27(25)37(4)45(6,40)41)43-33(31(26)34(39)35-3)21-9-13-24(44)14-10-21/h7,9-11,13-18H,8,12,44H2,1-6H3,(H,35,39). The highest BCUT2D eigenvalue weighted by molar-refractivity contribution is 7.92. The highest BCUT2D eigenvalue weighted by Crippen LogP contribution is 2.43. The number of ether oxygens (including phenoxy) is 1. The molecule has 5 aromatic rings. The molecule has 1 atom stereocenters. The van der Waals surface area contributed by atoms with Crippen molar-refractivity contribution in [3.8, 4) is 28.2 Å². The number of rotatable bonds is 7. The van der Waals surface area contributed by atoms with Gasteiger partial charge in [0.25, 0.3) is 5.91 Å². The maximum Gasteiger partial charge on any atom is 0.255 e. The van der Waals surface area contributed by atoms with Gasteiger partial charge in [0.2, 0.25) is 10.0 Å². The number of carbonyl (C=O) groups is 1. The van der Waals surface area contributed by atoms with Crippen molar-refractivity contribution in [2.24, 2.45) is 0 Å². The second-order valence-electron chi connectivity index (χ2n) is 11.3. The van der Waals surface area contributed by atoms with Crippen LogP contribution in [0.1, 0.15) is 35.9 Å². The van der Waals surface area contributed by atoms with Crippen molar-refractivity contribution in [2.75, 3.05) is 31.8 Å². The third kappa shape index (κ3) is 5.42. The lowest BCUT2D eigenvalue weighted by Gasteiger charge is -2.21. The van der Waals surface area contributed by atoms with E-state index in [1.165, 1.54) is 16.9 Å². The number of carbonyl (C=O) groups excluding carboxylic acids is 1. The average molecular weight is 643 g/mol. The Balaban J connectivity index is 1.68. The second kappa shape index (κ2) is 11.5. The summed E-state index contributed by atoms with van der Waals surface area (Å²) in [4.78, 5) is 18.2. The smallest absolute Gasteiger partial charge is 0.255 e. The minimum atomic E-state index is -3.68. The van der Waals surface area contributed by atoms with E-state index >= 15 is 0 Å². The predicted molar refractivity (Wildman–Crippen MR) is 185 cm³/mol. The molecule has 1 unspecified atom stereocenters. The molecular weight excluding hydrogens is 607 g/mol. The molecule has 0 radical (unpaired) electrons. The fourth-order valence-electron chi connectivity index (χ4n) is 5.84. The molecule has 1 aliphatic carbocycles. The van der Waals surface area contributed by atoms with Crippen molar-refractivity contribution in [3.05, 3.63) is 77.6 Å². The van der Waals surface area contributed by atoms with Gasteiger partial charge < -0.3 is 19.0 Å². The predicted octanol–water partition coefficient (Wildman–Crippen LogP) is 6.27. The van der Waals surface area contributed by atoms with Gasteiger partial charge in [-0.2, -0.15) is 0 Å². The number of aromatic nitrogens is 2. The van der Waals surface area contributed by atoms with Crippen LogP contribution in [0.2, 0.25) is 0 Å². The number of furan rings is 1. The molecule has 0 saturated heterocycles. The molecule has 2 aromatic heterocycles. The van der Waals surface area contributed by atoms with E-state index in [4.69, 9.17) is 14.1 Å². The first-order chi connectivity index (χ1) is 21.4. The molecule has 1 aliphatic rings. The lowest BCUT2D eigenvalue weighted by molar-refractivity contribution is 0.0964. The van der Waals surface area contributed by atoms with Crippen LogP contribution in [0.5, 0.6) is 5.75 Å². The zero-order valence-electron chi connectivity index (χ0n) is 26.1. The number of sulfonamides is 1. The first-order valence-electron chi connectivity index (χ1n) is 14.5. The number of allylic oxidation sites excluding steroid dienone is 4. The van der Waals surface area contributed by atoms with E-state index in [2.05, 4.69) is 38.2 Å². The van der Waals surface area contributed by atoms with Crippen molar-refractivity contribution in [2.45, 2.75) is 26.7 Å². The van der Waals surface area contributed by atoms with Crippen molar-refractivity contribution >= 4 is 63.9 Å². The highest BCUT2D eigenvalue weighted by Gasteiger charge is 2.27. The van der Waals surface area contributed by atoms with Gasteiger partial charge in [-0.05, 0) is 61.8 Å². The molecule has 0 saturated carbocycles. The number of amides is 1. The topological polar surface area (TPSA) is 107 Å². The molecule has 2 heterocycles. The Morgan fingerprint density at radius 2 is 1.80 bits per heavy atom. The van der Waals surface area contributed by atoms with E-state index in [9.17, 15) is 13.2 Å². The minimum Gasteiger partial charge on any atom is -0.494 e. The Morgan fingerprint density at radius 1 is 1.07 bits per heavy atom. The van der Waals surface area contributed by atoms with Crippen LogP contribution in [0.15, 0.2) is 70.7 Å². The summed E-state index contributed by atoms with van der Waals surface area (Å²) in [6.45, 7) is 4.09. The summed E-state index contributed by atoms with van der Waals surface area (Å²) in [5, 5.41) is 4.29. The van der Waals surface area contributed by atoms with E-state index in [1.54, 1.807) is 20.2 Å². The summed E-state index contributed by atoms with van der Waals surface area (Å²) in [5.41, 5.74) is 7.14. The number of hydrogen-bond acceptors (Lipinski definition) is 6. The molecule has 9 nitrogen and oxygen atoms in total. The van der Waals surface area contributed by atoms with E-state index in [0.717, 1.165) is 47.0 Å². The molecule has 0 fully saturated rings. The zero-order chi connectivity index (χ0) is 32.2. The van der Waals surface area contributed by atoms with E-state index in [0.29, 0.717) is 50.4 Å². The third-order valence-electron chi connectivity index (χ3n) is 8.32. The number of nitrogens with one attached hydrogen (secondary N) is 1. The average Bonchev–Trinajstić information content (AvgIpc) is 3.56. The van der Waals surface area contributed by atoms with Gasteiger partial charge >= 0.3 is 0 Å². The molecule has 11 heteroatoms. The Labute approximate surface area is 264 Å². The van der Waals surface area contributed by atoms with Crippen LogP contribution in [-0.4, -0.2) is 51.3 Å². The number of benzene rings is 3. The van der Waals surface area contributed by atoms with Gasteiger partial charge in [-0.25, -0.2) is 13.4 Å². The van der Waals surface area contributed by atoms with Gasteiger partial charge in [-0.1, -0.05) is 35.9 Å². The zero-order valence-corrected chi connectivity index (χ0v) is 28.0. The summed E-state index contributed by atoms with van der Waals surface area (Å²) in [5.74, 6) is 1.45. The van der Waals surface area contributed by atoms with E-state index in [1.807, 2.05) is 49.4 Å².